The molecule has 2 amide bonds. The van der Waals surface area contributed by atoms with Crippen LogP contribution in [0.1, 0.15) is 51.9 Å². The molecule has 2 rings (SSSR count). The molecule has 0 aromatic carbocycles. The van der Waals surface area contributed by atoms with Crippen LogP contribution in [-0.2, 0) is 9.59 Å². The summed E-state index contributed by atoms with van der Waals surface area (Å²) in [7, 11) is 0. The number of carbonyl (C=O) groups is 2. The zero-order valence-electron chi connectivity index (χ0n) is 13.1. The molecular formula is C16H29N3O2. The summed E-state index contributed by atoms with van der Waals surface area (Å²) in [6.07, 6.45) is 6.73. The highest BCUT2D eigenvalue weighted by molar-refractivity contribution is 5.80. The van der Waals surface area contributed by atoms with Gasteiger partial charge in [-0.15, -0.1) is 0 Å². The normalized spacial score (nSPS) is 31.4. The minimum Gasteiger partial charge on any atom is -0.369 e. The van der Waals surface area contributed by atoms with Crippen LogP contribution in [0.4, 0.5) is 0 Å². The quantitative estimate of drug-likeness (QED) is 0.712. The predicted octanol–water partition coefficient (Wildman–Crippen LogP) is 1.17. The first-order valence-electron chi connectivity index (χ1n) is 8.37. The lowest BCUT2D eigenvalue weighted by Crippen LogP contribution is -2.47. The fraction of sp³-hybridized carbons (Fsp3) is 0.875. The van der Waals surface area contributed by atoms with E-state index in [-0.39, 0.29) is 23.8 Å². The van der Waals surface area contributed by atoms with Crippen molar-refractivity contribution < 1.29 is 9.59 Å². The summed E-state index contributed by atoms with van der Waals surface area (Å²) in [6, 6.07) is -0.0552. The fourth-order valence-corrected chi connectivity index (χ4v) is 3.73. The lowest BCUT2D eigenvalue weighted by Gasteiger charge is -2.31. The molecule has 0 aromatic rings. The third-order valence-electron chi connectivity index (χ3n) is 5.12. The summed E-state index contributed by atoms with van der Waals surface area (Å²) in [5.74, 6) is 0.585. The summed E-state index contributed by atoms with van der Waals surface area (Å²) >= 11 is 0. The number of rotatable bonds is 5. The van der Waals surface area contributed by atoms with Gasteiger partial charge in [-0.05, 0) is 50.6 Å². The topological polar surface area (TPSA) is 84.2 Å². The van der Waals surface area contributed by atoms with Crippen molar-refractivity contribution in [2.24, 2.45) is 23.5 Å². The maximum Gasteiger partial charge on any atom is 0.222 e. The number of primary amides is 1. The van der Waals surface area contributed by atoms with Crippen molar-refractivity contribution in [1.29, 1.82) is 0 Å². The first-order chi connectivity index (χ1) is 10.1. The van der Waals surface area contributed by atoms with Gasteiger partial charge in [-0.3, -0.25) is 9.59 Å². The van der Waals surface area contributed by atoms with E-state index in [1.165, 1.54) is 12.8 Å². The van der Waals surface area contributed by atoms with Gasteiger partial charge in [-0.2, -0.15) is 0 Å². The van der Waals surface area contributed by atoms with Gasteiger partial charge in [0.05, 0.1) is 5.92 Å². The van der Waals surface area contributed by atoms with Crippen molar-refractivity contribution in [1.82, 2.24) is 10.6 Å². The van der Waals surface area contributed by atoms with Crippen LogP contribution in [0.25, 0.3) is 0 Å². The zero-order chi connectivity index (χ0) is 15.2. The molecule has 2 aliphatic rings. The van der Waals surface area contributed by atoms with E-state index in [1.807, 2.05) is 0 Å². The minimum atomic E-state index is -0.274. The number of nitrogens with one attached hydrogen (secondary N) is 2. The first kappa shape index (κ1) is 16.3. The molecule has 4 unspecified atom stereocenters. The molecule has 5 heteroatoms. The number of hydrogen-bond acceptors (Lipinski definition) is 3. The maximum absolute atomic E-state index is 12.2. The molecule has 1 heterocycles. The lowest BCUT2D eigenvalue weighted by atomic mass is 9.83. The molecule has 0 bridgehead atoms. The van der Waals surface area contributed by atoms with Gasteiger partial charge >= 0.3 is 0 Å². The summed E-state index contributed by atoms with van der Waals surface area (Å²) < 4.78 is 0. The second kappa shape index (κ2) is 7.78. The number of hydrogen-bond donors (Lipinski definition) is 3. The van der Waals surface area contributed by atoms with Gasteiger partial charge in [0.2, 0.25) is 11.8 Å². The lowest BCUT2D eigenvalue weighted by molar-refractivity contribution is -0.126. The van der Waals surface area contributed by atoms with Gasteiger partial charge < -0.3 is 16.4 Å². The molecule has 0 aromatic heterocycles. The van der Waals surface area contributed by atoms with Gasteiger partial charge in [-0.1, -0.05) is 19.8 Å². The monoisotopic (exact) mass is 295 g/mol. The van der Waals surface area contributed by atoms with Crippen LogP contribution in [-0.4, -0.2) is 30.9 Å². The summed E-state index contributed by atoms with van der Waals surface area (Å²) in [6.45, 7) is 4.27. The SMILES string of the molecule is CC(CC(=O)NC1CCCCC1C(N)=O)C1CCCNC1. The predicted molar refractivity (Wildman–Crippen MR) is 82.5 cm³/mol. The summed E-state index contributed by atoms with van der Waals surface area (Å²) in [4.78, 5) is 23.7. The van der Waals surface area contributed by atoms with E-state index in [0.29, 0.717) is 18.3 Å². The van der Waals surface area contributed by atoms with Crippen LogP contribution >= 0.6 is 0 Å². The Hall–Kier alpha value is -1.10. The van der Waals surface area contributed by atoms with Crippen LogP contribution < -0.4 is 16.4 Å². The average molecular weight is 295 g/mol. The van der Waals surface area contributed by atoms with Gasteiger partial charge in [0.15, 0.2) is 0 Å². The molecule has 1 saturated heterocycles. The Balaban J connectivity index is 1.81. The highest BCUT2D eigenvalue weighted by Crippen LogP contribution is 2.26. The fourth-order valence-electron chi connectivity index (χ4n) is 3.73. The molecule has 5 nitrogen and oxygen atoms in total. The highest BCUT2D eigenvalue weighted by Gasteiger charge is 2.31. The number of carbonyl (C=O) groups excluding carboxylic acids is 2. The Labute approximate surface area is 127 Å². The number of nitrogens with two attached hydrogens (primary N) is 1. The van der Waals surface area contributed by atoms with Gasteiger partial charge in [0.25, 0.3) is 0 Å². The molecule has 2 fully saturated rings. The summed E-state index contributed by atoms with van der Waals surface area (Å²) in [5, 5.41) is 6.46. The number of piperidine rings is 1. The van der Waals surface area contributed by atoms with Crippen LogP contribution in [0.3, 0.4) is 0 Å². The number of amides is 2. The molecule has 1 aliphatic heterocycles. The van der Waals surface area contributed by atoms with E-state index in [4.69, 9.17) is 5.73 Å². The second-order valence-electron chi connectivity index (χ2n) is 6.76. The minimum absolute atomic E-state index is 0.0552. The van der Waals surface area contributed by atoms with Crippen LogP contribution in [0.5, 0.6) is 0 Å². The zero-order valence-corrected chi connectivity index (χ0v) is 13.1. The van der Waals surface area contributed by atoms with Crippen LogP contribution in [0.2, 0.25) is 0 Å². The maximum atomic E-state index is 12.2. The Morgan fingerprint density at radius 3 is 2.67 bits per heavy atom. The molecule has 0 radical (unpaired) electrons. The van der Waals surface area contributed by atoms with E-state index in [9.17, 15) is 9.59 Å². The third-order valence-corrected chi connectivity index (χ3v) is 5.12. The molecule has 0 spiro atoms. The Kier molecular flexibility index (Phi) is 6.03. The van der Waals surface area contributed by atoms with Crippen molar-refractivity contribution in [3.8, 4) is 0 Å². The van der Waals surface area contributed by atoms with Crippen LogP contribution in [0.15, 0.2) is 0 Å². The molecular weight excluding hydrogens is 266 g/mol. The van der Waals surface area contributed by atoms with E-state index in [1.54, 1.807) is 0 Å². The molecule has 21 heavy (non-hydrogen) atoms. The van der Waals surface area contributed by atoms with Crippen molar-refractivity contribution in [3.63, 3.8) is 0 Å². The van der Waals surface area contributed by atoms with Gasteiger partial charge in [0, 0.05) is 12.5 Å². The average Bonchev–Trinajstić information content (AvgIpc) is 2.48. The Morgan fingerprint density at radius 1 is 1.24 bits per heavy atom. The summed E-state index contributed by atoms with van der Waals surface area (Å²) in [5.41, 5.74) is 5.45. The van der Waals surface area contributed by atoms with Crippen molar-refractivity contribution in [2.45, 2.75) is 57.9 Å². The van der Waals surface area contributed by atoms with Gasteiger partial charge in [0.1, 0.15) is 0 Å². The van der Waals surface area contributed by atoms with Crippen molar-refractivity contribution in [3.05, 3.63) is 0 Å². The largest absolute Gasteiger partial charge is 0.369 e. The van der Waals surface area contributed by atoms with Gasteiger partial charge in [-0.25, -0.2) is 0 Å². The molecule has 120 valence electrons. The Morgan fingerprint density at radius 2 is 2.00 bits per heavy atom. The Bertz CT molecular complexity index is 367. The van der Waals surface area contributed by atoms with Crippen molar-refractivity contribution >= 4 is 11.8 Å². The third kappa shape index (κ3) is 4.70. The van der Waals surface area contributed by atoms with E-state index < -0.39 is 0 Å². The first-order valence-corrected chi connectivity index (χ1v) is 8.37. The molecule has 1 saturated carbocycles. The molecule has 4 N–H and O–H groups in total. The highest BCUT2D eigenvalue weighted by atomic mass is 16.2. The smallest absolute Gasteiger partial charge is 0.222 e. The van der Waals surface area contributed by atoms with E-state index >= 15 is 0 Å². The molecule has 1 aliphatic carbocycles. The van der Waals surface area contributed by atoms with E-state index in [2.05, 4.69) is 17.6 Å². The standard InChI is InChI=1S/C16H29N3O2/c1-11(12-5-4-8-18-10-12)9-15(20)19-14-7-3-2-6-13(14)16(17)21/h11-14,18H,2-10H2,1H3,(H2,17,21)(H,19,20). The van der Waals surface area contributed by atoms with Crippen LogP contribution in [0, 0.1) is 17.8 Å². The van der Waals surface area contributed by atoms with Crippen molar-refractivity contribution in [2.75, 3.05) is 13.1 Å². The molecule has 4 atom stereocenters. The van der Waals surface area contributed by atoms with E-state index in [0.717, 1.165) is 38.8 Å². The second-order valence-corrected chi connectivity index (χ2v) is 6.76.